The summed E-state index contributed by atoms with van der Waals surface area (Å²) in [5, 5.41) is 4.87. The van der Waals surface area contributed by atoms with E-state index < -0.39 is 17.2 Å². The van der Waals surface area contributed by atoms with Crippen molar-refractivity contribution in [2.24, 2.45) is 0 Å². The van der Waals surface area contributed by atoms with E-state index in [1.165, 1.54) is 23.0 Å². The molecule has 32 heavy (non-hydrogen) atoms. The summed E-state index contributed by atoms with van der Waals surface area (Å²) in [6.07, 6.45) is 0. The Morgan fingerprint density at radius 2 is 1.91 bits per heavy atom. The van der Waals surface area contributed by atoms with Crippen molar-refractivity contribution in [2.45, 2.75) is 20.0 Å². The van der Waals surface area contributed by atoms with Gasteiger partial charge in [0, 0.05) is 5.56 Å². The van der Waals surface area contributed by atoms with Crippen molar-refractivity contribution in [2.75, 3.05) is 12.4 Å². The molecule has 0 aliphatic rings. The summed E-state index contributed by atoms with van der Waals surface area (Å²) in [6, 6.07) is 14.1. The molecule has 164 valence electrons. The minimum atomic E-state index is -0.572. The van der Waals surface area contributed by atoms with Crippen molar-refractivity contribution < 1.29 is 9.53 Å². The lowest BCUT2D eigenvalue weighted by Gasteiger charge is -2.14. The zero-order valence-electron chi connectivity index (χ0n) is 17.4. The second-order valence-corrected chi connectivity index (χ2v) is 8.56. The smallest absolute Gasteiger partial charge is 0.332 e. The van der Waals surface area contributed by atoms with Crippen molar-refractivity contribution in [3.63, 3.8) is 0 Å². The van der Waals surface area contributed by atoms with E-state index in [0.29, 0.717) is 32.2 Å². The molecule has 7 nitrogen and oxygen atoms in total. The Kier molecular flexibility index (Phi) is 6.16. The van der Waals surface area contributed by atoms with Crippen LogP contribution in [0.3, 0.4) is 0 Å². The molecule has 2 aromatic heterocycles. The van der Waals surface area contributed by atoms with Gasteiger partial charge in [-0.3, -0.25) is 18.7 Å². The number of nitrogens with one attached hydrogen (secondary N) is 1. The number of methoxy groups -OCH3 is 1. The molecule has 0 unspecified atom stereocenters. The van der Waals surface area contributed by atoms with Crippen LogP contribution in [-0.4, -0.2) is 22.2 Å². The summed E-state index contributed by atoms with van der Waals surface area (Å²) in [5.41, 5.74) is 1.56. The van der Waals surface area contributed by atoms with E-state index in [1.807, 2.05) is 25.1 Å². The zero-order chi connectivity index (χ0) is 22.8. The van der Waals surface area contributed by atoms with Crippen LogP contribution in [0, 0.1) is 6.92 Å². The number of para-hydroxylation sites is 1. The first-order chi connectivity index (χ1) is 15.4. The average molecular weight is 470 g/mol. The molecule has 0 aliphatic carbocycles. The second-order valence-electron chi connectivity index (χ2n) is 7.24. The fourth-order valence-corrected chi connectivity index (χ4v) is 4.61. The van der Waals surface area contributed by atoms with E-state index in [1.54, 1.807) is 35.7 Å². The molecule has 0 aliphatic heterocycles. The second kappa shape index (κ2) is 9.02. The highest BCUT2D eigenvalue weighted by Gasteiger charge is 2.18. The van der Waals surface area contributed by atoms with Crippen molar-refractivity contribution in [1.29, 1.82) is 0 Å². The van der Waals surface area contributed by atoms with Crippen LogP contribution in [0.5, 0.6) is 5.75 Å². The van der Waals surface area contributed by atoms with Crippen LogP contribution in [0.25, 0.3) is 10.2 Å². The molecule has 1 amide bonds. The van der Waals surface area contributed by atoms with E-state index in [2.05, 4.69) is 5.32 Å². The summed E-state index contributed by atoms with van der Waals surface area (Å²) >= 11 is 7.44. The monoisotopic (exact) mass is 469 g/mol. The molecular formula is C23H20ClN3O4S. The van der Waals surface area contributed by atoms with Gasteiger partial charge in [-0.15, -0.1) is 11.3 Å². The van der Waals surface area contributed by atoms with Gasteiger partial charge in [0.15, 0.2) is 0 Å². The Hall–Kier alpha value is -3.36. The maximum atomic E-state index is 13.3. The Bertz CT molecular complexity index is 1440. The van der Waals surface area contributed by atoms with Crippen LogP contribution in [0.1, 0.15) is 11.1 Å². The molecule has 2 aromatic carbocycles. The van der Waals surface area contributed by atoms with Gasteiger partial charge in [0.1, 0.15) is 17.0 Å². The standard InChI is InChI=1S/C23H20ClN3O4S/c1-14-7-8-17(16(24)11-14)25-20(28)13-26-18-9-10-32-21(18)22(29)27(23(26)30)12-15-5-3-4-6-19(15)31-2/h3-11H,12-13H2,1-2H3,(H,25,28). The van der Waals surface area contributed by atoms with E-state index in [9.17, 15) is 14.4 Å². The third-order valence-corrected chi connectivity index (χ3v) is 6.26. The van der Waals surface area contributed by atoms with Gasteiger partial charge in [0.2, 0.25) is 5.91 Å². The lowest BCUT2D eigenvalue weighted by atomic mass is 10.2. The minimum Gasteiger partial charge on any atom is -0.496 e. The van der Waals surface area contributed by atoms with Crippen LogP contribution >= 0.6 is 22.9 Å². The summed E-state index contributed by atoms with van der Waals surface area (Å²) in [7, 11) is 1.53. The van der Waals surface area contributed by atoms with Crippen LogP contribution < -0.4 is 21.3 Å². The first-order valence-corrected chi connectivity index (χ1v) is 11.0. The molecule has 0 bridgehead atoms. The number of ether oxygens (including phenoxy) is 1. The number of rotatable bonds is 6. The predicted molar refractivity (Wildman–Crippen MR) is 127 cm³/mol. The molecule has 1 N–H and O–H groups in total. The van der Waals surface area contributed by atoms with Crippen molar-refractivity contribution >= 4 is 44.7 Å². The van der Waals surface area contributed by atoms with Crippen LogP contribution in [0.2, 0.25) is 5.02 Å². The topological polar surface area (TPSA) is 82.3 Å². The largest absolute Gasteiger partial charge is 0.496 e. The first-order valence-electron chi connectivity index (χ1n) is 9.77. The molecule has 9 heteroatoms. The highest BCUT2D eigenvalue weighted by molar-refractivity contribution is 7.17. The molecule has 0 radical (unpaired) electrons. The fraction of sp³-hybridized carbons (Fsp3) is 0.174. The average Bonchev–Trinajstić information content (AvgIpc) is 3.26. The van der Waals surface area contributed by atoms with E-state index >= 15 is 0 Å². The van der Waals surface area contributed by atoms with Crippen LogP contribution in [-0.2, 0) is 17.9 Å². The van der Waals surface area contributed by atoms with Gasteiger partial charge in [-0.1, -0.05) is 35.9 Å². The normalized spacial score (nSPS) is 11.0. The lowest BCUT2D eigenvalue weighted by molar-refractivity contribution is -0.116. The van der Waals surface area contributed by atoms with E-state index in [4.69, 9.17) is 16.3 Å². The predicted octanol–water partition coefficient (Wildman–Crippen LogP) is 3.88. The Balaban J connectivity index is 1.73. The molecule has 4 aromatic rings. The number of aromatic nitrogens is 2. The first kappa shape index (κ1) is 21.9. The van der Waals surface area contributed by atoms with Crippen LogP contribution in [0.15, 0.2) is 63.5 Å². The number of anilines is 1. The van der Waals surface area contributed by atoms with E-state index in [0.717, 1.165) is 10.1 Å². The number of nitrogens with zero attached hydrogens (tertiary/aromatic N) is 2. The van der Waals surface area contributed by atoms with Crippen molar-refractivity contribution in [3.8, 4) is 5.75 Å². The molecule has 0 spiro atoms. The van der Waals surface area contributed by atoms with Crippen LogP contribution in [0.4, 0.5) is 5.69 Å². The van der Waals surface area contributed by atoms with Crippen molar-refractivity contribution in [1.82, 2.24) is 9.13 Å². The van der Waals surface area contributed by atoms with Gasteiger partial charge in [-0.25, -0.2) is 4.79 Å². The molecule has 4 rings (SSSR count). The summed E-state index contributed by atoms with van der Waals surface area (Å²) in [4.78, 5) is 39.1. The molecule has 0 atom stereocenters. The Morgan fingerprint density at radius 3 is 2.66 bits per heavy atom. The minimum absolute atomic E-state index is 0.0287. The number of benzene rings is 2. The number of carbonyl (C=O) groups excluding carboxylic acids is 1. The molecule has 0 saturated heterocycles. The van der Waals surface area contributed by atoms with E-state index in [-0.39, 0.29) is 13.1 Å². The quantitative estimate of drug-likeness (QED) is 0.464. The Labute approximate surface area is 192 Å². The van der Waals surface area contributed by atoms with Gasteiger partial charge in [0.25, 0.3) is 5.56 Å². The van der Waals surface area contributed by atoms with Gasteiger partial charge in [-0.2, -0.15) is 0 Å². The molecule has 0 fully saturated rings. The third-order valence-electron chi connectivity index (χ3n) is 5.06. The number of hydrogen-bond donors (Lipinski definition) is 1. The number of amides is 1. The highest BCUT2D eigenvalue weighted by atomic mass is 35.5. The Morgan fingerprint density at radius 1 is 1.12 bits per heavy atom. The van der Waals surface area contributed by atoms with Gasteiger partial charge >= 0.3 is 5.69 Å². The number of halogens is 1. The summed E-state index contributed by atoms with van der Waals surface area (Å²) < 4.78 is 8.19. The maximum Gasteiger partial charge on any atom is 0.332 e. The SMILES string of the molecule is COc1ccccc1Cn1c(=O)c2sccc2n(CC(=O)Nc2ccc(C)cc2Cl)c1=O. The number of aryl methyl sites for hydroxylation is 1. The summed E-state index contributed by atoms with van der Waals surface area (Å²) in [6.45, 7) is 1.67. The molecule has 2 heterocycles. The number of carbonyl (C=O) groups is 1. The van der Waals surface area contributed by atoms with Gasteiger partial charge in [0.05, 0.1) is 29.9 Å². The van der Waals surface area contributed by atoms with Gasteiger partial charge in [-0.05, 0) is 42.1 Å². The third kappa shape index (κ3) is 4.19. The fourth-order valence-electron chi connectivity index (χ4n) is 3.48. The zero-order valence-corrected chi connectivity index (χ0v) is 19.0. The van der Waals surface area contributed by atoms with Gasteiger partial charge < -0.3 is 10.1 Å². The van der Waals surface area contributed by atoms with Crippen molar-refractivity contribution in [3.05, 3.63) is 90.9 Å². The molecular weight excluding hydrogens is 450 g/mol. The maximum absolute atomic E-state index is 13.3. The number of hydrogen-bond acceptors (Lipinski definition) is 5. The highest BCUT2D eigenvalue weighted by Crippen LogP contribution is 2.23. The summed E-state index contributed by atoms with van der Waals surface area (Å²) in [5.74, 6) is 0.149. The number of fused-ring (bicyclic) bond motifs is 1. The lowest BCUT2D eigenvalue weighted by Crippen LogP contribution is -2.41. The molecule has 0 saturated carbocycles. The number of thiophene rings is 1.